The summed E-state index contributed by atoms with van der Waals surface area (Å²) >= 11 is 23.7. The van der Waals surface area contributed by atoms with Gasteiger partial charge in [0.2, 0.25) is 0 Å². The van der Waals surface area contributed by atoms with E-state index in [0.29, 0.717) is 5.02 Å². The maximum absolute atomic E-state index is 10.6. The fraction of sp³-hybridized carbons (Fsp3) is 0. The quantitative estimate of drug-likeness (QED) is 0.502. The van der Waals surface area contributed by atoms with Crippen LogP contribution in [0.3, 0.4) is 0 Å². The number of nitro groups is 1. The Morgan fingerprint density at radius 2 is 1.55 bits per heavy atom. The number of nitro benzene ring substituents is 1. The fourth-order valence-electron chi connectivity index (χ4n) is 1.42. The summed E-state index contributed by atoms with van der Waals surface area (Å²) < 4.78 is 5.48. The minimum atomic E-state index is -0.558. The van der Waals surface area contributed by atoms with Crippen LogP contribution < -0.4 is 4.74 Å². The van der Waals surface area contributed by atoms with Crippen LogP contribution in [0.5, 0.6) is 11.5 Å². The van der Waals surface area contributed by atoms with Gasteiger partial charge >= 0.3 is 0 Å². The summed E-state index contributed by atoms with van der Waals surface area (Å²) in [4.78, 5) is 10.1. The van der Waals surface area contributed by atoms with E-state index < -0.39 is 4.92 Å². The smallest absolute Gasteiger partial charge is 0.271 e. The molecule has 2 rings (SSSR count). The second-order valence-corrected chi connectivity index (χ2v) is 5.33. The van der Waals surface area contributed by atoms with E-state index >= 15 is 0 Å². The van der Waals surface area contributed by atoms with Crippen LogP contribution in [-0.4, -0.2) is 4.92 Å². The van der Waals surface area contributed by atoms with E-state index in [9.17, 15) is 10.1 Å². The summed E-state index contributed by atoms with van der Waals surface area (Å²) in [6.45, 7) is 0. The Labute approximate surface area is 133 Å². The predicted octanol–water partition coefficient (Wildman–Crippen LogP) is 6.00. The van der Waals surface area contributed by atoms with E-state index in [0.717, 1.165) is 0 Å². The third kappa shape index (κ3) is 3.27. The highest BCUT2D eigenvalue weighted by Crippen LogP contribution is 2.41. The summed E-state index contributed by atoms with van der Waals surface area (Å²) in [6.07, 6.45) is 0. The third-order valence-corrected chi connectivity index (χ3v) is 3.38. The number of hydrogen-bond acceptors (Lipinski definition) is 3. The first-order valence-corrected chi connectivity index (χ1v) is 6.66. The van der Waals surface area contributed by atoms with Crippen molar-refractivity contribution in [2.24, 2.45) is 0 Å². The van der Waals surface area contributed by atoms with Crippen molar-refractivity contribution < 1.29 is 9.66 Å². The van der Waals surface area contributed by atoms with Crippen LogP contribution in [0.25, 0.3) is 0 Å². The molecule has 2 aromatic rings. The lowest BCUT2D eigenvalue weighted by atomic mass is 10.3. The molecule has 0 aliphatic rings. The van der Waals surface area contributed by atoms with Gasteiger partial charge < -0.3 is 4.74 Å². The lowest BCUT2D eigenvalue weighted by Gasteiger charge is -2.11. The van der Waals surface area contributed by atoms with E-state index in [-0.39, 0.29) is 32.3 Å². The van der Waals surface area contributed by atoms with Crippen molar-refractivity contribution >= 4 is 52.1 Å². The minimum absolute atomic E-state index is 0.0706. The maximum atomic E-state index is 10.6. The molecule has 0 amide bonds. The topological polar surface area (TPSA) is 52.4 Å². The first-order chi connectivity index (χ1) is 9.38. The summed E-state index contributed by atoms with van der Waals surface area (Å²) in [5.41, 5.74) is -0.143. The first-order valence-electron chi connectivity index (χ1n) is 5.15. The highest BCUT2D eigenvalue weighted by atomic mass is 35.5. The Morgan fingerprint density at radius 3 is 2.05 bits per heavy atom. The average Bonchev–Trinajstić information content (AvgIpc) is 2.34. The Hall–Kier alpha value is -1.20. The van der Waals surface area contributed by atoms with E-state index in [4.69, 9.17) is 51.1 Å². The van der Waals surface area contributed by atoms with Gasteiger partial charge in [0.25, 0.3) is 5.69 Å². The molecule has 0 unspecified atom stereocenters. The van der Waals surface area contributed by atoms with Crippen molar-refractivity contribution in [1.82, 2.24) is 0 Å². The number of rotatable bonds is 3. The van der Waals surface area contributed by atoms with Gasteiger partial charge in [-0.3, -0.25) is 10.1 Å². The van der Waals surface area contributed by atoms with Gasteiger partial charge in [-0.15, -0.1) is 0 Å². The van der Waals surface area contributed by atoms with Crippen molar-refractivity contribution in [3.8, 4) is 11.5 Å². The predicted molar refractivity (Wildman–Crippen MR) is 79.7 cm³/mol. The molecule has 0 N–H and O–H groups in total. The molecule has 4 nitrogen and oxygen atoms in total. The van der Waals surface area contributed by atoms with Crippen LogP contribution in [0.4, 0.5) is 5.69 Å². The lowest BCUT2D eigenvalue weighted by Crippen LogP contribution is -1.91. The second-order valence-electron chi connectivity index (χ2n) is 3.67. The molecule has 20 heavy (non-hydrogen) atoms. The molecule has 0 radical (unpaired) electrons. The Balaban J connectivity index is 2.38. The molecule has 0 atom stereocenters. The largest absolute Gasteiger partial charge is 0.453 e. The molecular formula is C12H5Cl4NO3. The zero-order chi connectivity index (χ0) is 14.9. The van der Waals surface area contributed by atoms with Gasteiger partial charge in [0.05, 0.1) is 20.0 Å². The van der Waals surface area contributed by atoms with Crippen molar-refractivity contribution in [3.05, 3.63) is 60.5 Å². The normalized spacial score (nSPS) is 10.4. The zero-order valence-corrected chi connectivity index (χ0v) is 12.6. The lowest BCUT2D eigenvalue weighted by molar-refractivity contribution is -0.384. The number of nitrogens with zero attached hydrogens (tertiary/aromatic N) is 1. The first kappa shape index (κ1) is 15.2. The van der Waals surface area contributed by atoms with E-state index in [2.05, 4.69) is 0 Å². The van der Waals surface area contributed by atoms with Crippen molar-refractivity contribution in [2.45, 2.75) is 0 Å². The molecule has 0 saturated heterocycles. The van der Waals surface area contributed by atoms with Crippen LogP contribution >= 0.6 is 46.4 Å². The van der Waals surface area contributed by atoms with E-state index in [1.165, 1.54) is 30.3 Å². The molecular weight excluding hydrogens is 348 g/mol. The second kappa shape index (κ2) is 6.06. The summed E-state index contributed by atoms with van der Waals surface area (Å²) in [6, 6.07) is 6.72. The van der Waals surface area contributed by atoms with Gasteiger partial charge in [0.1, 0.15) is 5.75 Å². The summed E-state index contributed by atoms with van der Waals surface area (Å²) in [7, 11) is 0. The summed E-state index contributed by atoms with van der Waals surface area (Å²) in [5.74, 6) is 0.372. The highest BCUT2D eigenvalue weighted by molar-refractivity contribution is 6.40. The summed E-state index contributed by atoms with van der Waals surface area (Å²) in [5, 5.41) is 11.5. The fourth-order valence-corrected chi connectivity index (χ4v) is 2.53. The number of ether oxygens (including phenoxy) is 1. The standard InChI is InChI=1S/C12H5Cl4NO3/c13-6-3-9(15)12(10(16)4-6)20-11-2-1-7(17(18)19)5-8(11)14/h1-5H. The Bertz CT molecular complexity index is 667. The third-order valence-electron chi connectivity index (χ3n) is 2.30. The monoisotopic (exact) mass is 351 g/mol. The van der Waals surface area contributed by atoms with Gasteiger partial charge in [0, 0.05) is 17.2 Å². The number of hydrogen-bond donors (Lipinski definition) is 0. The molecule has 104 valence electrons. The Kier molecular flexibility index (Phi) is 4.60. The van der Waals surface area contributed by atoms with E-state index in [1.807, 2.05) is 0 Å². The molecule has 0 aliphatic carbocycles. The van der Waals surface area contributed by atoms with Crippen molar-refractivity contribution in [2.75, 3.05) is 0 Å². The number of non-ortho nitro benzene ring substituents is 1. The number of benzene rings is 2. The van der Waals surface area contributed by atoms with Gasteiger partial charge in [-0.2, -0.15) is 0 Å². The zero-order valence-electron chi connectivity index (χ0n) is 9.57. The van der Waals surface area contributed by atoms with Crippen LogP contribution in [-0.2, 0) is 0 Å². The molecule has 0 saturated carbocycles. The van der Waals surface area contributed by atoms with Gasteiger partial charge in [-0.25, -0.2) is 0 Å². The minimum Gasteiger partial charge on any atom is -0.453 e. The van der Waals surface area contributed by atoms with Crippen LogP contribution in [0.1, 0.15) is 0 Å². The Morgan fingerprint density at radius 1 is 0.950 bits per heavy atom. The van der Waals surface area contributed by atoms with Gasteiger partial charge in [-0.1, -0.05) is 46.4 Å². The maximum Gasteiger partial charge on any atom is 0.271 e. The van der Waals surface area contributed by atoms with Crippen LogP contribution in [0.2, 0.25) is 20.1 Å². The van der Waals surface area contributed by atoms with Crippen molar-refractivity contribution in [1.29, 1.82) is 0 Å². The van der Waals surface area contributed by atoms with Crippen LogP contribution in [0.15, 0.2) is 30.3 Å². The van der Waals surface area contributed by atoms with Crippen molar-refractivity contribution in [3.63, 3.8) is 0 Å². The molecule has 2 aromatic carbocycles. The van der Waals surface area contributed by atoms with Gasteiger partial charge in [-0.05, 0) is 18.2 Å². The molecule has 0 heterocycles. The number of halogens is 4. The average molecular weight is 353 g/mol. The molecule has 0 aliphatic heterocycles. The van der Waals surface area contributed by atoms with E-state index in [1.54, 1.807) is 0 Å². The molecule has 0 bridgehead atoms. The molecule has 0 spiro atoms. The molecule has 0 aromatic heterocycles. The highest BCUT2D eigenvalue weighted by Gasteiger charge is 2.15. The SMILES string of the molecule is O=[N+]([O-])c1ccc(Oc2c(Cl)cc(Cl)cc2Cl)c(Cl)c1. The molecule has 8 heteroatoms. The molecule has 0 fully saturated rings. The van der Waals surface area contributed by atoms with Gasteiger partial charge in [0.15, 0.2) is 5.75 Å². The van der Waals surface area contributed by atoms with Crippen LogP contribution in [0, 0.1) is 10.1 Å².